The number of halogens is 2. The normalized spacial score (nSPS) is 17.7. The van der Waals surface area contributed by atoms with Crippen molar-refractivity contribution in [3.8, 4) is 5.75 Å². The summed E-state index contributed by atoms with van der Waals surface area (Å²) < 4.78 is 11.6. The maximum absolute atomic E-state index is 6.61. The Balaban J connectivity index is 1.91. The van der Waals surface area contributed by atoms with E-state index in [1.165, 1.54) is 37.7 Å². The monoisotopic (exact) mass is 374 g/mol. The van der Waals surface area contributed by atoms with E-state index in [9.17, 15) is 0 Å². The second-order valence-corrected chi connectivity index (χ2v) is 7.12. The van der Waals surface area contributed by atoms with Gasteiger partial charge in [-0.1, -0.05) is 38.2 Å². The molecule has 1 fully saturated rings. The van der Waals surface area contributed by atoms with Crippen molar-refractivity contribution in [1.29, 1.82) is 0 Å². The van der Waals surface area contributed by atoms with Gasteiger partial charge in [-0.3, -0.25) is 0 Å². The molecule has 4 heteroatoms. The van der Waals surface area contributed by atoms with Gasteiger partial charge in [0.25, 0.3) is 0 Å². The molecule has 0 aliphatic heterocycles. The number of benzene rings is 1. The molecule has 0 amide bonds. The third kappa shape index (κ3) is 5.46. The van der Waals surface area contributed by atoms with Crippen LogP contribution < -0.4 is 4.74 Å². The molecule has 1 aliphatic carbocycles. The third-order valence-corrected chi connectivity index (χ3v) is 5.18. The fraction of sp³-hybridized carbons (Fsp3) is 0.647. The lowest BCUT2D eigenvalue weighted by Crippen LogP contribution is -2.09. The topological polar surface area (TPSA) is 18.5 Å². The lowest BCUT2D eigenvalue weighted by atomic mass is 9.85. The molecule has 118 valence electrons. The smallest absolute Gasteiger partial charge is 0.133 e. The first-order valence-corrected chi connectivity index (χ1v) is 8.99. The van der Waals surface area contributed by atoms with Crippen molar-refractivity contribution in [2.45, 2.75) is 43.9 Å². The summed E-state index contributed by atoms with van der Waals surface area (Å²) in [6, 6.07) is 6.15. The molecule has 1 aromatic carbocycles. The number of hydrogen-bond acceptors (Lipinski definition) is 2. The van der Waals surface area contributed by atoms with Gasteiger partial charge in [0.1, 0.15) is 12.4 Å². The van der Waals surface area contributed by atoms with E-state index in [2.05, 4.69) is 28.1 Å². The molecule has 0 heterocycles. The standard InChI is InChI=1S/C17H24BrClO2/c1-20-9-10-21-17-8-7-14(12-15(17)18)16(19)11-13-5-3-2-4-6-13/h7-8,12-13,16H,2-6,9-11H2,1H3. The number of ether oxygens (including phenoxy) is 2. The fourth-order valence-corrected chi connectivity index (χ4v) is 3.81. The van der Waals surface area contributed by atoms with Crippen LogP contribution in [0.3, 0.4) is 0 Å². The molecule has 0 spiro atoms. The number of rotatable bonds is 7. The Morgan fingerprint density at radius 2 is 2.00 bits per heavy atom. The van der Waals surface area contributed by atoms with E-state index in [-0.39, 0.29) is 5.38 Å². The predicted octanol–water partition coefficient (Wildman–Crippen LogP) is 5.72. The lowest BCUT2D eigenvalue weighted by Gasteiger charge is -2.24. The van der Waals surface area contributed by atoms with Gasteiger partial charge in [-0.25, -0.2) is 0 Å². The van der Waals surface area contributed by atoms with Gasteiger partial charge in [0, 0.05) is 7.11 Å². The van der Waals surface area contributed by atoms with Crippen LogP contribution in [0.1, 0.15) is 49.5 Å². The van der Waals surface area contributed by atoms with Crippen molar-refractivity contribution in [3.05, 3.63) is 28.2 Å². The van der Waals surface area contributed by atoms with Crippen LogP contribution in [-0.4, -0.2) is 20.3 Å². The van der Waals surface area contributed by atoms with Crippen molar-refractivity contribution >= 4 is 27.5 Å². The molecular weight excluding hydrogens is 352 g/mol. The van der Waals surface area contributed by atoms with E-state index in [0.717, 1.165) is 22.6 Å². The number of alkyl halides is 1. The average molecular weight is 376 g/mol. The molecule has 1 saturated carbocycles. The molecule has 2 rings (SSSR count). The first-order valence-electron chi connectivity index (χ1n) is 7.76. The predicted molar refractivity (Wildman–Crippen MR) is 91.3 cm³/mol. The molecule has 0 N–H and O–H groups in total. The van der Waals surface area contributed by atoms with E-state index < -0.39 is 0 Å². The Morgan fingerprint density at radius 1 is 1.24 bits per heavy atom. The molecule has 0 radical (unpaired) electrons. The van der Waals surface area contributed by atoms with Crippen LogP contribution in [0.4, 0.5) is 0 Å². The van der Waals surface area contributed by atoms with Gasteiger partial charge < -0.3 is 9.47 Å². The summed E-state index contributed by atoms with van der Waals surface area (Å²) in [4.78, 5) is 0. The minimum atomic E-state index is 0.0948. The molecular formula is C17H24BrClO2. The van der Waals surface area contributed by atoms with Gasteiger partial charge in [-0.05, 0) is 46.0 Å². The van der Waals surface area contributed by atoms with Crippen molar-refractivity contribution in [2.75, 3.05) is 20.3 Å². The highest BCUT2D eigenvalue weighted by Gasteiger charge is 2.19. The summed E-state index contributed by atoms with van der Waals surface area (Å²) in [5.74, 6) is 1.63. The molecule has 1 atom stereocenters. The highest BCUT2D eigenvalue weighted by atomic mass is 79.9. The van der Waals surface area contributed by atoms with Gasteiger partial charge in [0.15, 0.2) is 0 Å². The Bertz CT molecular complexity index is 433. The van der Waals surface area contributed by atoms with Gasteiger partial charge >= 0.3 is 0 Å². The van der Waals surface area contributed by atoms with Crippen LogP contribution in [0.15, 0.2) is 22.7 Å². The van der Waals surface area contributed by atoms with Gasteiger partial charge in [0.2, 0.25) is 0 Å². The van der Waals surface area contributed by atoms with E-state index >= 15 is 0 Å². The fourth-order valence-electron chi connectivity index (χ4n) is 2.92. The molecule has 1 unspecified atom stereocenters. The van der Waals surface area contributed by atoms with Crippen molar-refractivity contribution < 1.29 is 9.47 Å². The summed E-state index contributed by atoms with van der Waals surface area (Å²) in [5, 5.41) is 0.0948. The largest absolute Gasteiger partial charge is 0.490 e. The van der Waals surface area contributed by atoms with Crippen molar-refractivity contribution in [3.63, 3.8) is 0 Å². The highest BCUT2D eigenvalue weighted by Crippen LogP contribution is 2.37. The molecule has 0 aromatic heterocycles. The van der Waals surface area contributed by atoms with Crippen molar-refractivity contribution in [2.24, 2.45) is 5.92 Å². The van der Waals surface area contributed by atoms with Gasteiger partial charge in [0.05, 0.1) is 16.5 Å². The van der Waals surface area contributed by atoms with E-state index in [1.807, 2.05) is 6.07 Å². The summed E-state index contributed by atoms with van der Waals surface area (Å²) in [6.07, 6.45) is 7.88. The van der Waals surface area contributed by atoms with Crippen LogP contribution in [-0.2, 0) is 4.74 Å². The van der Waals surface area contributed by atoms with Crippen molar-refractivity contribution in [1.82, 2.24) is 0 Å². The van der Waals surface area contributed by atoms with Crippen LogP contribution in [0.25, 0.3) is 0 Å². The maximum Gasteiger partial charge on any atom is 0.133 e. The number of methoxy groups -OCH3 is 1. The Kier molecular flexibility index (Phi) is 7.35. The SMILES string of the molecule is COCCOc1ccc(C(Cl)CC2CCCCC2)cc1Br. The van der Waals surface area contributed by atoms with Crippen LogP contribution in [0.2, 0.25) is 0 Å². The highest BCUT2D eigenvalue weighted by molar-refractivity contribution is 9.10. The average Bonchev–Trinajstić information content (AvgIpc) is 2.50. The minimum absolute atomic E-state index is 0.0948. The Hall–Kier alpha value is -0.250. The van der Waals surface area contributed by atoms with E-state index in [1.54, 1.807) is 7.11 Å². The molecule has 2 nitrogen and oxygen atoms in total. The summed E-state index contributed by atoms with van der Waals surface area (Å²) >= 11 is 10.2. The zero-order valence-electron chi connectivity index (χ0n) is 12.6. The first-order chi connectivity index (χ1) is 10.2. The quantitative estimate of drug-likeness (QED) is 0.448. The molecule has 0 bridgehead atoms. The Morgan fingerprint density at radius 3 is 2.67 bits per heavy atom. The molecule has 1 aliphatic rings. The van der Waals surface area contributed by atoms with Crippen LogP contribution in [0, 0.1) is 5.92 Å². The van der Waals surface area contributed by atoms with E-state index in [0.29, 0.717) is 13.2 Å². The van der Waals surface area contributed by atoms with Gasteiger partial charge in [-0.2, -0.15) is 0 Å². The molecule has 21 heavy (non-hydrogen) atoms. The van der Waals surface area contributed by atoms with Gasteiger partial charge in [-0.15, -0.1) is 11.6 Å². The summed E-state index contributed by atoms with van der Waals surface area (Å²) in [5.41, 5.74) is 1.17. The first kappa shape index (κ1) is 17.1. The van der Waals surface area contributed by atoms with Crippen LogP contribution >= 0.6 is 27.5 Å². The minimum Gasteiger partial charge on any atom is -0.490 e. The third-order valence-electron chi connectivity index (χ3n) is 4.13. The summed E-state index contributed by atoms with van der Waals surface area (Å²) in [6.45, 7) is 1.15. The Labute approximate surface area is 141 Å². The second kappa shape index (κ2) is 9.02. The van der Waals surface area contributed by atoms with E-state index in [4.69, 9.17) is 21.1 Å². The van der Waals surface area contributed by atoms with Crippen LogP contribution in [0.5, 0.6) is 5.75 Å². The molecule has 1 aromatic rings. The lowest BCUT2D eigenvalue weighted by molar-refractivity contribution is 0.146. The maximum atomic E-state index is 6.61. The summed E-state index contributed by atoms with van der Waals surface area (Å²) in [7, 11) is 1.67. The number of hydrogen-bond donors (Lipinski definition) is 0. The second-order valence-electron chi connectivity index (χ2n) is 5.74. The zero-order chi connectivity index (χ0) is 15.1. The zero-order valence-corrected chi connectivity index (χ0v) is 15.0. The molecule has 0 saturated heterocycles.